The number of sulfonamides is 1. The van der Waals surface area contributed by atoms with Crippen LogP contribution in [0.3, 0.4) is 0 Å². The van der Waals surface area contributed by atoms with Gasteiger partial charge in [0, 0.05) is 13.0 Å². The Morgan fingerprint density at radius 3 is 2.52 bits per heavy atom. The maximum Gasteiger partial charge on any atom is 0.220 e. The molecule has 6 nitrogen and oxygen atoms in total. The van der Waals surface area contributed by atoms with Gasteiger partial charge in [-0.05, 0) is 47.2 Å². The Kier molecular flexibility index (Phi) is 8.92. The molecule has 0 spiro atoms. The molecule has 160 valence electrons. The fraction of sp³-hybridized carbons (Fsp3) is 0.500. The molecule has 0 aliphatic carbocycles. The van der Waals surface area contributed by atoms with Gasteiger partial charge in [0.1, 0.15) is 12.4 Å². The molecule has 0 heterocycles. The summed E-state index contributed by atoms with van der Waals surface area (Å²) in [5.41, 5.74) is 1.09. The zero-order chi connectivity index (χ0) is 21.3. The zero-order valence-corrected chi connectivity index (χ0v) is 18.3. The number of carbonyl (C=O) groups is 1. The second-order valence-corrected chi connectivity index (χ2v) is 9.21. The highest BCUT2D eigenvalue weighted by atomic mass is 32.2. The molecule has 0 aromatic heterocycles. The molecule has 7 heteroatoms. The van der Waals surface area contributed by atoms with Crippen LogP contribution in [0.1, 0.15) is 51.5 Å². The van der Waals surface area contributed by atoms with Gasteiger partial charge in [0.15, 0.2) is 0 Å². The summed E-state index contributed by atoms with van der Waals surface area (Å²) in [7, 11) is -3.20. The number of amides is 1. The van der Waals surface area contributed by atoms with Gasteiger partial charge in [0.2, 0.25) is 15.9 Å². The Labute approximate surface area is 174 Å². The summed E-state index contributed by atoms with van der Waals surface area (Å²) in [5.74, 6) is 1.04. The Morgan fingerprint density at radius 1 is 1.07 bits per heavy atom. The van der Waals surface area contributed by atoms with Gasteiger partial charge in [0.05, 0.1) is 12.3 Å². The fourth-order valence-corrected chi connectivity index (χ4v) is 4.21. The Hall–Kier alpha value is -2.12. The van der Waals surface area contributed by atoms with E-state index in [9.17, 15) is 13.2 Å². The summed E-state index contributed by atoms with van der Waals surface area (Å²) in [6.07, 6.45) is 1.98. The minimum atomic E-state index is -3.20. The lowest BCUT2D eigenvalue weighted by molar-refractivity contribution is -0.121. The van der Waals surface area contributed by atoms with Crippen LogP contribution in [0.2, 0.25) is 0 Å². The Bertz CT molecular complexity index is 912. The molecule has 2 rings (SSSR count). The molecule has 0 aliphatic rings. The van der Waals surface area contributed by atoms with Crippen molar-refractivity contribution in [3.8, 4) is 5.75 Å². The van der Waals surface area contributed by atoms with Gasteiger partial charge in [-0.3, -0.25) is 4.79 Å². The van der Waals surface area contributed by atoms with E-state index in [0.717, 1.165) is 28.5 Å². The molecule has 2 aromatic carbocycles. The highest BCUT2D eigenvalue weighted by Gasteiger charge is 2.12. The average molecular weight is 421 g/mol. The van der Waals surface area contributed by atoms with Gasteiger partial charge < -0.3 is 10.1 Å². The normalized spacial score (nSPS) is 12.7. The molecular formula is C22H32N2O4S. The van der Waals surface area contributed by atoms with Gasteiger partial charge in [-0.1, -0.05) is 45.0 Å². The average Bonchev–Trinajstić information content (AvgIpc) is 2.69. The highest BCUT2D eigenvalue weighted by molar-refractivity contribution is 7.89. The molecule has 0 saturated heterocycles. The summed E-state index contributed by atoms with van der Waals surface area (Å²) in [5, 5.41) is 4.96. The van der Waals surface area contributed by atoms with Crippen molar-refractivity contribution < 1.29 is 17.9 Å². The lowest BCUT2D eigenvalue weighted by atomic mass is 9.98. The van der Waals surface area contributed by atoms with Crippen LogP contribution in [0.4, 0.5) is 0 Å². The van der Waals surface area contributed by atoms with E-state index in [1.54, 1.807) is 0 Å². The van der Waals surface area contributed by atoms with Crippen molar-refractivity contribution in [1.82, 2.24) is 10.0 Å². The first-order valence-corrected chi connectivity index (χ1v) is 11.9. The highest BCUT2D eigenvalue weighted by Crippen LogP contribution is 2.25. The first-order chi connectivity index (χ1) is 13.8. The topological polar surface area (TPSA) is 84.5 Å². The van der Waals surface area contributed by atoms with Gasteiger partial charge in [-0.2, -0.15) is 0 Å². The van der Waals surface area contributed by atoms with Gasteiger partial charge in [-0.25, -0.2) is 13.1 Å². The van der Waals surface area contributed by atoms with E-state index < -0.39 is 10.0 Å². The van der Waals surface area contributed by atoms with Gasteiger partial charge in [0.25, 0.3) is 0 Å². The standard InChI is InChI=1S/C22H32N2O4S/c1-4-6-22(25)23-11-12-28-21-10-9-19-14-18(7-8-20(19)15-21)17(3)16-24-29(26,27)13-5-2/h7-10,14-15,17,24H,4-6,11-13,16H2,1-3H3,(H,23,25). The van der Waals surface area contributed by atoms with Gasteiger partial charge >= 0.3 is 0 Å². The molecule has 2 aromatic rings. The van der Waals surface area contributed by atoms with E-state index in [2.05, 4.69) is 16.1 Å². The number of hydrogen-bond acceptors (Lipinski definition) is 4. The third-order valence-electron chi connectivity index (χ3n) is 4.66. The maximum atomic E-state index is 11.8. The maximum absolute atomic E-state index is 11.8. The van der Waals surface area contributed by atoms with E-state index >= 15 is 0 Å². The molecule has 29 heavy (non-hydrogen) atoms. The molecule has 1 atom stereocenters. The number of ether oxygens (including phenoxy) is 1. The van der Waals surface area contributed by atoms with E-state index in [4.69, 9.17) is 4.74 Å². The molecule has 1 unspecified atom stereocenters. The number of hydrogen-bond donors (Lipinski definition) is 2. The smallest absolute Gasteiger partial charge is 0.220 e. The molecule has 0 radical (unpaired) electrons. The van der Waals surface area contributed by atoms with Crippen molar-refractivity contribution in [3.63, 3.8) is 0 Å². The van der Waals surface area contributed by atoms with Crippen molar-refractivity contribution in [2.24, 2.45) is 0 Å². The number of carbonyl (C=O) groups excluding carboxylic acids is 1. The van der Waals surface area contributed by atoms with Crippen LogP contribution in [-0.2, 0) is 14.8 Å². The minimum Gasteiger partial charge on any atom is -0.492 e. The third kappa shape index (κ3) is 7.66. The van der Waals surface area contributed by atoms with Crippen LogP contribution in [-0.4, -0.2) is 39.8 Å². The van der Waals surface area contributed by atoms with Crippen molar-refractivity contribution >= 4 is 26.7 Å². The van der Waals surface area contributed by atoms with E-state index in [1.807, 2.05) is 51.1 Å². The summed E-state index contributed by atoms with van der Waals surface area (Å²) in [4.78, 5) is 11.4. The van der Waals surface area contributed by atoms with Crippen molar-refractivity contribution in [2.45, 2.75) is 46.0 Å². The molecule has 0 fully saturated rings. The number of benzene rings is 2. The summed E-state index contributed by atoms with van der Waals surface area (Å²) < 4.78 is 32.1. The minimum absolute atomic E-state index is 0.0493. The van der Waals surface area contributed by atoms with Crippen LogP contribution < -0.4 is 14.8 Å². The summed E-state index contributed by atoms with van der Waals surface area (Å²) >= 11 is 0. The predicted octanol–water partition coefficient (Wildman–Crippen LogP) is 3.57. The summed E-state index contributed by atoms with van der Waals surface area (Å²) in [6.45, 7) is 7.14. The third-order valence-corrected chi connectivity index (χ3v) is 6.21. The molecule has 0 saturated carbocycles. The van der Waals surface area contributed by atoms with Gasteiger partial charge in [-0.15, -0.1) is 0 Å². The first-order valence-electron chi connectivity index (χ1n) is 10.2. The first kappa shape index (κ1) is 23.2. The molecular weight excluding hydrogens is 388 g/mol. The largest absolute Gasteiger partial charge is 0.492 e. The van der Waals surface area contributed by atoms with E-state index in [0.29, 0.717) is 32.5 Å². The molecule has 0 bridgehead atoms. The monoisotopic (exact) mass is 420 g/mol. The van der Waals surface area contributed by atoms with Crippen molar-refractivity contribution in [1.29, 1.82) is 0 Å². The lowest BCUT2D eigenvalue weighted by Gasteiger charge is -2.14. The van der Waals surface area contributed by atoms with E-state index in [1.165, 1.54) is 0 Å². The molecule has 1 amide bonds. The quantitative estimate of drug-likeness (QED) is 0.514. The number of rotatable bonds is 12. The van der Waals surface area contributed by atoms with Crippen LogP contribution in [0, 0.1) is 0 Å². The fourth-order valence-electron chi connectivity index (χ4n) is 3.02. The van der Waals surface area contributed by atoms with Crippen molar-refractivity contribution in [3.05, 3.63) is 42.0 Å². The number of fused-ring (bicyclic) bond motifs is 1. The lowest BCUT2D eigenvalue weighted by Crippen LogP contribution is -2.29. The molecule has 2 N–H and O–H groups in total. The van der Waals surface area contributed by atoms with Crippen molar-refractivity contribution in [2.75, 3.05) is 25.4 Å². The van der Waals surface area contributed by atoms with Crippen LogP contribution >= 0.6 is 0 Å². The van der Waals surface area contributed by atoms with Crippen LogP contribution in [0.5, 0.6) is 5.75 Å². The second kappa shape index (κ2) is 11.2. The van der Waals surface area contributed by atoms with Crippen LogP contribution in [0.15, 0.2) is 36.4 Å². The van der Waals surface area contributed by atoms with Crippen LogP contribution in [0.25, 0.3) is 10.8 Å². The second-order valence-electron chi connectivity index (χ2n) is 7.29. The summed E-state index contributed by atoms with van der Waals surface area (Å²) in [6, 6.07) is 12.0. The molecule has 0 aliphatic heterocycles. The van der Waals surface area contributed by atoms with E-state index in [-0.39, 0.29) is 17.6 Å². The Morgan fingerprint density at radius 2 is 1.79 bits per heavy atom. The number of nitrogens with one attached hydrogen (secondary N) is 2. The Balaban J connectivity index is 1.93. The predicted molar refractivity (Wildman–Crippen MR) is 118 cm³/mol. The zero-order valence-electron chi connectivity index (χ0n) is 17.5. The SMILES string of the molecule is CCCC(=O)NCCOc1ccc2cc(C(C)CNS(=O)(=O)CCC)ccc2c1.